The highest BCUT2D eigenvalue weighted by molar-refractivity contribution is 7.26. The minimum absolute atomic E-state index is 0.877. The first kappa shape index (κ1) is 30.0. The first-order chi connectivity index (χ1) is 26.2. The number of nitrogens with zero attached hydrogens (tertiary/aromatic N) is 1. The van der Waals surface area contributed by atoms with Gasteiger partial charge in [-0.05, 0) is 98.4 Å². The number of hydrogen-bond acceptors (Lipinski definition) is 3. The second-order valence-electron chi connectivity index (χ2n) is 13.7. The van der Waals surface area contributed by atoms with Gasteiger partial charge in [0.2, 0.25) is 0 Å². The highest BCUT2D eigenvalue weighted by Crippen LogP contribution is 2.49. The molecule has 0 aliphatic heterocycles. The Hall–Kier alpha value is -6.68. The fourth-order valence-electron chi connectivity index (χ4n) is 8.04. The number of fused-ring (bicyclic) bond motifs is 8. The Morgan fingerprint density at radius 1 is 0.396 bits per heavy atom. The lowest BCUT2D eigenvalue weighted by Crippen LogP contribution is -2.10. The summed E-state index contributed by atoms with van der Waals surface area (Å²) < 4.78 is 8.98. The van der Waals surface area contributed by atoms with E-state index in [0.717, 1.165) is 39.0 Å². The Balaban J connectivity index is 1.13. The minimum atomic E-state index is 0.877. The Bertz CT molecular complexity index is 3190. The van der Waals surface area contributed by atoms with Crippen molar-refractivity contribution in [1.29, 1.82) is 0 Å². The van der Waals surface area contributed by atoms with Crippen LogP contribution >= 0.6 is 11.3 Å². The summed E-state index contributed by atoms with van der Waals surface area (Å²) in [4.78, 5) is 2.40. The number of furan rings is 1. The van der Waals surface area contributed by atoms with Crippen LogP contribution in [0.4, 0.5) is 17.1 Å². The maximum atomic E-state index is 6.45. The van der Waals surface area contributed by atoms with E-state index in [4.69, 9.17) is 4.42 Å². The van der Waals surface area contributed by atoms with Crippen molar-refractivity contribution in [3.63, 3.8) is 0 Å². The van der Waals surface area contributed by atoms with Gasteiger partial charge in [0.05, 0.1) is 10.4 Å². The molecule has 53 heavy (non-hydrogen) atoms. The van der Waals surface area contributed by atoms with Gasteiger partial charge in [-0.1, -0.05) is 127 Å². The third-order valence-corrected chi connectivity index (χ3v) is 11.8. The zero-order valence-corrected chi connectivity index (χ0v) is 29.5. The van der Waals surface area contributed by atoms with E-state index < -0.39 is 0 Å². The third kappa shape index (κ3) is 4.93. The van der Waals surface area contributed by atoms with Crippen LogP contribution in [0.1, 0.15) is 0 Å². The summed E-state index contributed by atoms with van der Waals surface area (Å²) in [5.74, 6) is 0. The normalized spacial score (nSPS) is 11.8. The maximum Gasteiger partial charge on any atom is 0.137 e. The molecule has 0 aliphatic rings. The van der Waals surface area contributed by atoms with Crippen molar-refractivity contribution >= 4 is 92.1 Å². The summed E-state index contributed by atoms with van der Waals surface area (Å²) in [6, 6.07) is 68.1. The first-order valence-electron chi connectivity index (χ1n) is 18.0. The molecule has 0 aliphatic carbocycles. The van der Waals surface area contributed by atoms with Gasteiger partial charge in [-0.25, -0.2) is 0 Å². The first-order valence-corrected chi connectivity index (χ1v) is 18.8. The molecule has 9 aromatic carbocycles. The van der Waals surface area contributed by atoms with Crippen LogP contribution in [0.15, 0.2) is 192 Å². The van der Waals surface area contributed by atoms with Crippen molar-refractivity contribution < 1.29 is 4.42 Å². The molecule has 0 radical (unpaired) electrons. The number of rotatable bonds is 5. The van der Waals surface area contributed by atoms with Crippen molar-refractivity contribution in [2.45, 2.75) is 0 Å². The van der Waals surface area contributed by atoms with Crippen LogP contribution in [0.5, 0.6) is 0 Å². The molecule has 0 unspecified atom stereocenters. The highest BCUT2D eigenvalue weighted by Gasteiger charge is 2.22. The average molecular weight is 694 g/mol. The Kier molecular flexibility index (Phi) is 6.76. The molecule has 0 amide bonds. The minimum Gasteiger partial charge on any atom is -0.456 e. The van der Waals surface area contributed by atoms with Gasteiger partial charge in [0, 0.05) is 43.7 Å². The molecule has 0 saturated heterocycles. The summed E-state index contributed by atoms with van der Waals surface area (Å²) in [5.41, 5.74) is 9.90. The van der Waals surface area contributed by atoms with E-state index in [1.165, 1.54) is 64.0 Å². The summed E-state index contributed by atoms with van der Waals surface area (Å²) in [5, 5.41) is 9.79. The van der Waals surface area contributed by atoms with Crippen molar-refractivity contribution in [2.24, 2.45) is 0 Å². The Labute approximate surface area is 310 Å². The predicted molar refractivity (Wildman–Crippen MR) is 227 cm³/mol. The third-order valence-electron chi connectivity index (χ3n) is 10.6. The van der Waals surface area contributed by atoms with Crippen LogP contribution in [0.3, 0.4) is 0 Å². The molecule has 0 N–H and O–H groups in total. The van der Waals surface area contributed by atoms with Gasteiger partial charge in [0.15, 0.2) is 0 Å². The number of hydrogen-bond donors (Lipinski definition) is 0. The van der Waals surface area contributed by atoms with Gasteiger partial charge in [-0.15, -0.1) is 11.3 Å². The molecular weight excluding hydrogens is 663 g/mol. The Morgan fingerprint density at radius 3 is 1.79 bits per heavy atom. The van der Waals surface area contributed by atoms with Crippen LogP contribution < -0.4 is 4.90 Å². The van der Waals surface area contributed by atoms with Crippen LogP contribution in [-0.2, 0) is 0 Å². The molecule has 11 rings (SSSR count). The van der Waals surface area contributed by atoms with Crippen molar-refractivity contribution in [2.75, 3.05) is 4.90 Å². The molecule has 0 atom stereocenters. The molecule has 0 saturated carbocycles. The monoisotopic (exact) mass is 693 g/mol. The van der Waals surface area contributed by atoms with E-state index >= 15 is 0 Å². The van der Waals surface area contributed by atoms with Crippen LogP contribution in [0.2, 0.25) is 0 Å². The lowest BCUT2D eigenvalue weighted by atomic mass is 9.96. The molecule has 0 spiro atoms. The maximum absolute atomic E-state index is 6.45. The molecule has 2 nitrogen and oxygen atoms in total. The molecule has 2 heterocycles. The molecule has 0 fully saturated rings. The fraction of sp³-hybridized carbons (Fsp3) is 0. The van der Waals surface area contributed by atoms with Crippen molar-refractivity contribution in [1.82, 2.24) is 0 Å². The quantitative estimate of drug-likeness (QED) is 0.178. The van der Waals surface area contributed by atoms with Gasteiger partial charge >= 0.3 is 0 Å². The molecule has 2 aromatic heterocycles. The summed E-state index contributed by atoms with van der Waals surface area (Å²) in [6.07, 6.45) is 0. The van der Waals surface area contributed by atoms with E-state index in [2.05, 4.69) is 181 Å². The lowest BCUT2D eigenvalue weighted by molar-refractivity contribution is 0.669. The second-order valence-corrected chi connectivity index (χ2v) is 14.8. The van der Waals surface area contributed by atoms with E-state index in [9.17, 15) is 0 Å². The summed E-state index contributed by atoms with van der Waals surface area (Å²) in [6.45, 7) is 0. The van der Waals surface area contributed by atoms with Crippen LogP contribution in [0.25, 0.3) is 85.9 Å². The molecular formula is C50H31NOS. The van der Waals surface area contributed by atoms with E-state index in [0.29, 0.717) is 0 Å². The number of benzene rings is 9. The molecule has 0 bridgehead atoms. The zero-order chi connectivity index (χ0) is 34.9. The van der Waals surface area contributed by atoms with Gasteiger partial charge in [-0.2, -0.15) is 0 Å². The van der Waals surface area contributed by atoms with Gasteiger partial charge < -0.3 is 9.32 Å². The van der Waals surface area contributed by atoms with E-state index in [1.54, 1.807) is 0 Å². The van der Waals surface area contributed by atoms with E-state index in [1.807, 2.05) is 23.5 Å². The molecule has 11 aromatic rings. The topological polar surface area (TPSA) is 16.4 Å². The summed E-state index contributed by atoms with van der Waals surface area (Å²) >= 11 is 1.86. The number of anilines is 3. The van der Waals surface area contributed by atoms with Crippen LogP contribution in [0, 0.1) is 0 Å². The van der Waals surface area contributed by atoms with Gasteiger partial charge in [0.1, 0.15) is 11.2 Å². The highest BCUT2D eigenvalue weighted by atomic mass is 32.1. The standard InChI is InChI=1S/C50H31NOS/c1-3-11-35-29-37(19-17-32(35)9-1)34-21-23-39(24-22-34)51(40-25-26-43-42-13-5-7-15-46(42)52-47(43)31-40)45-28-27-41(38-20-18-33-10-2-4-12-36(33)30-38)49-44-14-6-8-16-48(44)53-50(45)49/h1-31H. The zero-order valence-electron chi connectivity index (χ0n) is 28.7. The fourth-order valence-corrected chi connectivity index (χ4v) is 9.27. The van der Waals surface area contributed by atoms with Crippen molar-refractivity contribution in [3.8, 4) is 22.3 Å². The Morgan fingerprint density at radius 2 is 1.00 bits per heavy atom. The predicted octanol–water partition coefficient (Wildman–Crippen LogP) is 15.1. The number of para-hydroxylation sites is 1. The molecule has 3 heteroatoms. The van der Waals surface area contributed by atoms with Crippen molar-refractivity contribution in [3.05, 3.63) is 188 Å². The molecule has 248 valence electrons. The second kappa shape index (κ2) is 11.9. The average Bonchev–Trinajstić information content (AvgIpc) is 3.80. The smallest absolute Gasteiger partial charge is 0.137 e. The SMILES string of the molecule is c1ccc2cc(-c3ccc(N(c4ccc5c(c4)oc4ccccc45)c4ccc(-c5ccc6ccccc6c5)c5c4sc4ccccc45)cc3)ccc2c1. The van der Waals surface area contributed by atoms with Crippen LogP contribution in [-0.4, -0.2) is 0 Å². The van der Waals surface area contributed by atoms with E-state index in [-0.39, 0.29) is 0 Å². The van der Waals surface area contributed by atoms with Gasteiger partial charge in [-0.3, -0.25) is 0 Å². The largest absolute Gasteiger partial charge is 0.456 e. The summed E-state index contributed by atoms with van der Waals surface area (Å²) in [7, 11) is 0. The van der Waals surface area contributed by atoms with Gasteiger partial charge in [0.25, 0.3) is 0 Å². The lowest BCUT2D eigenvalue weighted by Gasteiger charge is -2.27. The number of thiophene rings is 1.